The molecule has 0 atom stereocenters. The maximum Gasteiger partial charge on any atom is 0.280 e. The van der Waals surface area contributed by atoms with Crippen molar-refractivity contribution in [2.24, 2.45) is 0 Å². The number of hydrogen-bond donors (Lipinski definition) is 0. The van der Waals surface area contributed by atoms with Gasteiger partial charge in [0.1, 0.15) is 0 Å². The zero-order valence-corrected chi connectivity index (χ0v) is 35.1. The molecular weight excluding hydrogens is 669 g/mol. The van der Waals surface area contributed by atoms with Gasteiger partial charge in [-0.15, -0.1) is 5.10 Å². The maximum absolute atomic E-state index is 5.18. The molecule has 0 spiro atoms. The summed E-state index contributed by atoms with van der Waals surface area (Å²) in [5.41, 5.74) is 16.6. The monoisotopic (exact) mass is 725 g/mol. The number of para-hydroxylation sites is 1. The molecule has 55 heavy (non-hydrogen) atoms. The van der Waals surface area contributed by atoms with Crippen molar-refractivity contribution in [2.75, 3.05) is 9.80 Å². The molecular formula is C49H56BN5. The summed E-state index contributed by atoms with van der Waals surface area (Å²) in [7, 11) is 0. The second-order valence-electron chi connectivity index (χ2n) is 20.0. The van der Waals surface area contributed by atoms with Gasteiger partial charge in [0, 0.05) is 28.4 Å². The molecule has 2 aliphatic rings. The molecule has 2 aliphatic heterocycles. The van der Waals surface area contributed by atoms with Crippen LogP contribution in [0.2, 0.25) is 0 Å². The van der Waals surface area contributed by atoms with Gasteiger partial charge in [-0.2, -0.15) is 4.68 Å². The van der Waals surface area contributed by atoms with E-state index in [1.54, 1.807) is 0 Å². The van der Waals surface area contributed by atoms with Crippen LogP contribution in [0, 0.1) is 6.92 Å². The Labute approximate surface area is 329 Å². The predicted octanol–water partition coefficient (Wildman–Crippen LogP) is 10.8. The van der Waals surface area contributed by atoms with E-state index in [9.17, 15) is 0 Å². The van der Waals surface area contributed by atoms with Gasteiger partial charge in [0.05, 0.1) is 11.3 Å². The fourth-order valence-electron chi connectivity index (χ4n) is 8.25. The molecule has 0 saturated heterocycles. The quantitative estimate of drug-likeness (QED) is 0.170. The standard InChI is InChI=1S/C49H56BN5/c1-31-25-41-43-42(26-31)54(38-28-34(48(8,9)10)27-35(29-38)49(11,12)13)45-44(51-52-55(45)37-17-15-14-16-18-37)50(43)39-30-33(47(5,6)7)21-24-40(39)53(41)36-22-19-32(20-23-36)46(2,3)4/h14-30H,1-13H3. The Morgan fingerprint density at radius 2 is 1.02 bits per heavy atom. The summed E-state index contributed by atoms with van der Waals surface area (Å²) >= 11 is 0. The van der Waals surface area contributed by atoms with Crippen LogP contribution in [0.5, 0.6) is 0 Å². The van der Waals surface area contributed by atoms with E-state index in [0.29, 0.717) is 0 Å². The minimum atomic E-state index is -0.121. The number of anilines is 6. The summed E-state index contributed by atoms with van der Waals surface area (Å²) in [5.74, 6) is 0.987. The molecule has 6 heteroatoms. The second-order valence-corrected chi connectivity index (χ2v) is 20.0. The van der Waals surface area contributed by atoms with Crippen molar-refractivity contribution >= 4 is 57.5 Å². The highest BCUT2D eigenvalue weighted by Crippen LogP contribution is 2.46. The molecule has 0 amide bonds. The summed E-state index contributed by atoms with van der Waals surface area (Å²) in [4.78, 5) is 4.96. The van der Waals surface area contributed by atoms with E-state index >= 15 is 0 Å². The zero-order chi connectivity index (χ0) is 39.4. The third-order valence-electron chi connectivity index (χ3n) is 11.6. The van der Waals surface area contributed by atoms with E-state index < -0.39 is 0 Å². The van der Waals surface area contributed by atoms with Gasteiger partial charge in [-0.05, 0) is 122 Å². The van der Waals surface area contributed by atoms with Crippen LogP contribution in [0.15, 0.2) is 103 Å². The fourth-order valence-corrected chi connectivity index (χ4v) is 8.25. The summed E-state index contributed by atoms with van der Waals surface area (Å²) in [6.07, 6.45) is 0. The van der Waals surface area contributed by atoms with Crippen LogP contribution >= 0.6 is 0 Å². The van der Waals surface area contributed by atoms with Gasteiger partial charge in [0.15, 0.2) is 5.82 Å². The minimum absolute atomic E-state index is 0.0352. The van der Waals surface area contributed by atoms with Crippen molar-refractivity contribution < 1.29 is 0 Å². The lowest BCUT2D eigenvalue weighted by Gasteiger charge is -2.43. The maximum atomic E-state index is 5.18. The van der Waals surface area contributed by atoms with Crippen LogP contribution < -0.4 is 26.3 Å². The van der Waals surface area contributed by atoms with Crippen LogP contribution in [0.3, 0.4) is 0 Å². The number of fused-ring (bicyclic) bond motifs is 4. The van der Waals surface area contributed by atoms with Crippen molar-refractivity contribution in [2.45, 2.75) is 112 Å². The van der Waals surface area contributed by atoms with Crippen LogP contribution in [-0.2, 0) is 21.7 Å². The SMILES string of the molecule is Cc1cc2c3c(c1)N(c1cc(C(C)(C)C)cc(C(C)(C)C)c1)c1c(nnn1-c1ccccc1)B3c1cc(C(C)(C)C)ccc1N2c1ccc(C(C)(C)C)cc1. The molecule has 5 nitrogen and oxygen atoms in total. The number of aromatic nitrogens is 3. The molecule has 0 bridgehead atoms. The molecule has 5 aromatic carbocycles. The Kier molecular flexibility index (Phi) is 8.35. The Hall–Kier alpha value is -5.10. The lowest BCUT2D eigenvalue weighted by molar-refractivity contribution is 0.568. The van der Waals surface area contributed by atoms with Gasteiger partial charge in [0.25, 0.3) is 6.71 Å². The molecule has 0 unspecified atom stereocenters. The highest BCUT2D eigenvalue weighted by molar-refractivity contribution is 6.99. The van der Waals surface area contributed by atoms with E-state index in [0.717, 1.165) is 28.5 Å². The van der Waals surface area contributed by atoms with Gasteiger partial charge in [-0.1, -0.05) is 137 Å². The van der Waals surface area contributed by atoms with E-state index in [4.69, 9.17) is 10.3 Å². The Bertz CT molecular complexity index is 2400. The summed E-state index contributed by atoms with van der Waals surface area (Å²) in [5, 5.41) is 10.2. The van der Waals surface area contributed by atoms with Crippen molar-refractivity contribution in [3.63, 3.8) is 0 Å². The molecule has 1 aromatic heterocycles. The molecule has 0 N–H and O–H groups in total. The highest BCUT2D eigenvalue weighted by atomic mass is 15.5. The van der Waals surface area contributed by atoms with Gasteiger partial charge in [-0.3, -0.25) is 4.90 Å². The fraction of sp³-hybridized carbons (Fsp3) is 0.347. The predicted molar refractivity (Wildman–Crippen MR) is 235 cm³/mol. The van der Waals surface area contributed by atoms with Crippen LogP contribution in [0.25, 0.3) is 5.69 Å². The first-order valence-electron chi connectivity index (χ1n) is 19.9. The summed E-state index contributed by atoms with van der Waals surface area (Å²) < 4.78 is 2.06. The zero-order valence-electron chi connectivity index (χ0n) is 35.1. The van der Waals surface area contributed by atoms with Gasteiger partial charge in [0.2, 0.25) is 0 Å². The number of benzene rings is 5. The smallest absolute Gasteiger partial charge is 0.280 e. The Balaban J connectivity index is 1.49. The van der Waals surface area contributed by atoms with Gasteiger partial charge < -0.3 is 4.90 Å². The van der Waals surface area contributed by atoms with Crippen LogP contribution in [-0.4, -0.2) is 21.7 Å². The first-order valence-corrected chi connectivity index (χ1v) is 19.9. The second kappa shape index (κ2) is 12.5. The molecule has 0 fully saturated rings. The Morgan fingerprint density at radius 1 is 0.473 bits per heavy atom. The first kappa shape index (κ1) is 36.9. The number of aryl methyl sites for hydroxylation is 1. The first-order chi connectivity index (χ1) is 25.7. The van der Waals surface area contributed by atoms with Crippen molar-refractivity contribution in [1.29, 1.82) is 0 Å². The summed E-state index contributed by atoms with van der Waals surface area (Å²) in [6, 6.07) is 38.8. The molecule has 6 aromatic rings. The summed E-state index contributed by atoms with van der Waals surface area (Å²) in [6.45, 7) is 29.7. The average molecular weight is 726 g/mol. The van der Waals surface area contributed by atoms with E-state index in [1.807, 2.05) is 0 Å². The molecule has 8 rings (SSSR count). The van der Waals surface area contributed by atoms with Crippen LogP contribution in [0.4, 0.5) is 34.3 Å². The van der Waals surface area contributed by atoms with Crippen molar-refractivity contribution in [3.05, 3.63) is 131 Å². The normalized spacial score (nSPS) is 14.2. The number of nitrogens with zero attached hydrogens (tertiary/aromatic N) is 5. The average Bonchev–Trinajstić information content (AvgIpc) is 3.54. The van der Waals surface area contributed by atoms with Gasteiger partial charge in [-0.25, -0.2) is 0 Å². The van der Waals surface area contributed by atoms with E-state index in [1.165, 1.54) is 55.8 Å². The third-order valence-corrected chi connectivity index (χ3v) is 11.6. The largest absolute Gasteiger partial charge is 0.311 e. The highest BCUT2D eigenvalue weighted by Gasteiger charge is 2.47. The van der Waals surface area contributed by atoms with Crippen molar-refractivity contribution in [1.82, 2.24) is 15.0 Å². The topological polar surface area (TPSA) is 37.2 Å². The molecule has 3 heterocycles. The Morgan fingerprint density at radius 3 is 1.58 bits per heavy atom. The van der Waals surface area contributed by atoms with E-state index in [-0.39, 0.29) is 28.4 Å². The molecule has 280 valence electrons. The van der Waals surface area contributed by atoms with Crippen molar-refractivity contribution in [3.8, 4) is 5.69 Å². The molecule has 0 aliphatic carbocycles. The molecule has 0 saturated carbocycles. The third kappa shape index (κ3) is 6.28. The lowest BCUT2D eigenvalue weighted by Crippen LogP contribution is -2.62. The lowest BCUT2D eigenvalue weighted by atomic mass is 9.35. The van der Waals surface area contributed by atoms with E-state index in [2.05, 4.69) is 208 Å². The number of rotatable bonds is 3. The van der Waals surface area contributed by atoms with Gasteiger partial charge >= 0.3 is 0 Å². The molecule has 0 radical (unpaired) electrons. The minimum Gasteiger partial charge on any atom is -0.311 e. The number of hydrogen-bond acceptors (Lipinski definition) is 4. The van der Waals surface area contributed by atoms with Crippen LogP contribution in [0.1, 0.15) is 111 Å².